The van der Waals surface area contributed by atoms with E-state index < -0.39 is 4.92 Å². The van der Waals surface area contributed by atoms with Crippen molar-refractivity contribution in [1.29, 1.82) is 0 Å². The molecule has 1 aliphatic rings. The molecule has 0 fully saturated rings. The van der Waals surface area contributed by atoms with Crippen LogP contribution in [0.4, 0.5) is 17.1 Å². The van der Waals surface area contributed by atoms with Crippen LogP contribution in [-0.4, -0.2) is 42.7 Å². The Morgan fingerprint density at radius 1 is 1.58 bits per heavy atom. The number of anilines is 2. The highest BCUT2D eigenvalue weighted by Crippen LogP contribution is 2.39. The van der Waals surface area contributed by atoms with E-state index in [4.69, 9.17) is 9.84 Å². The number of rotatable bonds is 4. The molecule has 1 amide bonds. The van der Waals surface area contributed by atoms with Crippen molar-refractivity contribution in [2.24, 2.45) is 0 Å². The van der Waals surface area contributed by atoms with Gasteiger partial charge in [-0.1, -0.05) is 0 Å². The zero-order valence-electron chi connectivity index (χ0n) is 10.3. The average Bonchev–Trinajstić information content (AvgIpc) is 2.37. The van der Waals surface area contributed by atoms with Gasteiger partial charge in [-0.05, 0) is 6.07 Å². The first-order valence-corrected chi connectivity index (χ1v) is 5.60. The van der Waals surface area contributed by atoms with Gasteiger partial charge in [-0.15, -0.1) is 0 Å². The number of amides is 1. The van der Waals surface area contributed by atoms with Crippen molar-refractivity contribution in [2.75, 3.05) is 37.0 Å². The number of aliphatic hydroxyl groups excluding tert-OH is 1. The second-order valence-electron chi connectivity index (χ2n) is 4.08. The van der Waals surface area contributed by atoms with Gasteiger partial charge in [0.2, 0.25) is 0 Å². The number of nitrogens with zero attached hydrogens (tertiary/aromatic N) is 2. The predicted octanol–water partition coefficient (Wildman–Crippen LogP) is 0.354. The molecule has 0 aromatic heterocycles. The molecule has 1 aliphatic heterocycles. The number of benzene rings is 1. The predicted molar refractivity (Wildman–Crippen MR) is 67.6 cm³/mol. The van der Waals surface area contributed by atoms with Gasteiger partial charge in [-0.2, -0.15) is 0 Å². The maximum absolute atomic E-state index is 11.2. The van der Waals surface area contributed by atoms with Crippen molar-refractivity contribution in [2.45, 2.75) is 0 Å². The third-order valence-corrected chi connectivity index (χ3v) is 2.75. The Hall–Kier alpha value is -2.35. The van der Waals surface area contributed by atoms with Gasteiger partial charge < -0.3 is 20.1 Å². The maximum atomic E-state index is 11.2. The van der Waals surface area contributed by atoms with E-state index in [1.807, 2.05) is 0 Å². The van der Waals surface area contributed by atoms with E-state index in [0.717, 1.165) is 0 Å². The number of nitro benzene ring substituents is 1. The first-order chi connectivity index (χ1) is 9.02. The first-order valence-electron chi connectivity index (χ1n) is 5.60. The Morgan fingerprint density at radius 2 is 2.32 bits per heavy atom. The van der Waals surface area contributed by atoms with Gasteiger partial charge in [0, 0.05) is 13.6 Å². The highest BCUT2D eigenvalue weighted by atomic mass is 16.6. The van der Waals surface area contributed by atoms with Crippen LogP contribution in [0.5, 0.6) is 5.75 Å². The van der Waals surface area contributed by atoms with Crippen LogP contribution in [0.25, 0.3) is 0 Å². The van der Waals surface area contributed by atoms with Gasteiger partial charge in [-0.25, -0.2) is 0 Å². The van der Waals surface area contributed by atoms with E-state index >= 15 is 0 Å². The van der Waals surface area contributed by atoms with Gasteiger partial charge in [0.1, 0.15) is 5.69 Å². The molecule has 0 radical (unpaired) electrons. The minimum absolute atomic E-state index is 0.131. The Bertz CT molecular complexity index is 531. The molecule has 1 heterocycles. The zero-order chi connectivity index (χ0) is 14.0. The summed E-state index contributed by atoms with van der Waals surface area (Å²) in [6.45, 7) is -0.0436. The van der Waals surface area contributed by atoms with E-state index in [-0.39, 0.29) is 37.1 Å². The molecule has 0 aliphatic carbocycles. The fourth-order valence-corrected chi connectivity index (χ4v) is 1.83. The highest BCUT2D eigenvalue weighted by molar-refractivity contribution is 5.96. The number of hydrogen-bond donors (Lipinski definition) is 2. The summed E-state index contributed by atoms with van der Waals surface area (Å²) in [6.07, 6.45) is 0. The maximum Gasteiger partial charge on any atom is 0.296 e. The van der Waals surface area contributed by atoms with E-state index in [1.54, 1.807) is 11.9 Å². The van der Waals surface area contributed by atoms with Crippen LogP contribution in [-0.2, 0) is 4.79 Å². The highest BCUT2D eigenvalue weighted by Gasteiger charge is 2.25. The van der Waals surface area contributed by atoms with Crippen molar-refractivity contribution in [3.63, 3.8) is 0 Å². The van der Waals surface area contributed by atoms with Gasteiger partial charge >= 0.3 is 0 Å². The minimum atomic E-state index is -0.525. The molecule has 8 nitrogen and oxygen atoms in total. The van der Waals surface area contributed by atoms with Crippen molar-refractivity contribution < 1.29 is 19.6 Å². The summed E-state index contributed by atoms with van der Waals surface area (Å²) < 4.78 is 5.14. The lowest BCUT2D eigenvalue weighted by Crippen LogP contribution is -2.27. The average molecular weight is 267 g/mol. The summed E-state index contributed by atoms with van der Waals surface area (Å²) in [5.74, 6) is -0.0374. The lowest BCUT2D eigenvalue weighted by molar-refractivity contribution is -0.384. The molecule has 1 aromatic rings. The molecule has 0 unspecified atom stereocenters. The molecule has 1 aromatic carbocycles. The second kappa shape index (κ2) is 5.11. The summed E-state index contributed by atoms with van der Waals surface area (Å²) in [5, 5.41) is 22.5. The molecule has 0 bridgehead atoms. The normalized spacial score (nSPS) is 13.3. The van der Waals surface area contributed by atoms with Crippen molar-refractivity contribution in [3.8, 4) is 5.75 Å². The SMILES string of the molecule is CN(CCO)c1cc2c(cc1[N+](=O)[O-])OCC(=O)N2. The molecule has 0 saturated heterocycles. The Labute approximate surface area is 108 Å². The third-order valence-electron chi connectivity index (χ3n) is 2.75. The smallest absolute Gasteiger partial charge is 0.296 e. The lowest BCUT2D eigenvalue weighted by Gasteiger charge is -2.22. The number of carbonyl (C=O) groups is 1. The number of carbonyl (C=O) groups excluding carboxylic acids is 1. The fraction of sp³-hybridized carbons (Fsp3) is 0.364. The number of fused-ring (bicyclic) bond motifs is 1. The van der Waals surface area contributed by atoms with E-state index in [1.165, 1.54) is 12.1 Å². The largest absolute Gasteiger partial charge is 0.481 e. The van der Waals surface area contributed by atoms with Crippen molar-refractivity contribution in [3.05, 3.63) is 22.2 Å². The summed E-state index contributed by atoms with van der Waals surface area (Å²) in [4.78, 5) is 23.3. The van der Waals surface area contributed by atoms with Gasteiger partial charge in [0.05, 0.1) is 23.3 Å². The van der Waals surface area contributed by atoms with Gasteiger partial charge in [0.15, 0.2) is 12.4 Å². The summed E-state index contributed by atoms with van der Waals surface area (Å²) >= 11 is 0. The standard InChI is InChI=1S/C11H13N3O5/c1-13(2-3-15)8-4-7-10(5-9(8)14(17)18)19-6-11(16)12-7/h4-5,15H,2-3,6H2,1H3,(H,12,16). The molecule has 0 atom stereocenters. The number of nitro groups is 1. The Balaban J connectivity index is 2.48. The molecule has 102 valence electrons. The molecule has 2 N–H and O–H groups in total. The van der Waals surface area contributed by atoms with Crippen molar-refractivity contribution >= 4 is 23.0 Å². The van der Waals surface area contributed by atoms with E-state index in [2.05, 4.69) is 5.32 Å². The van der Waals surface area contributed by atoms with Crippen LogP contribution in [0.1, 0.15) is 0 Å². The van der Waals surface area contributed by atoms with E-state index in [0.29, 0.717) is 11.4 Å². The Morgan fingerprint density at radius 3 is 2.95 bits per heavy atom. The quantitative estimate of drug-likeness (QED) is 0.602. The molecule has 19 heavy (non-hydrogen) atoms. The first kappa shape index (κ1) is 13.1. The summed E-state index contributed by atoms with van der Waals surface area (Å²) in [6, 6.07) is 2.75. The van der Waals surface area contributed by atoms with Gasteiger partial charge in [-0.3, -0.25) is 14.9 Å². The van der Waals surface area contributed by atoms with Crippen LogP contribution >= 0.6 is 0 Å². The third kappa shape index (κ3) is 2.58. The van der Waals surface area contributed by atoms with Crippen LogP contribution in [0.3, 0.4) is 0 Å². The van der Waals surface area contributed by atoms with E-state index in [9.17, 15) is 14.9 Å². The van der Waals surface area contributed by atoms with Crippen molar-refractivity contribution in [1.82, 2.24) is 0 Å². The minimum Gasteiger partial charge on any atom is -0.481 e. The molecule has 8 heteroatoms. The number of aliphatic hydroxyl groups is 1. The van der Waals surface area contributed by atoms with Crippen LogP contribution in [0, 0.1) is 10.1 Å². The molecule has 0 saturated carbocycles. The zero-order valence-corrected chi connectivity index (χ0v) is 10.3. The van der Waals surface area contributed by atoms with Crippen LogP contribution in [0.2, 0.25) is 0 Å². The monoisotopic (exact) mass is 267 g/mol. The number of hydrogen-bond acceptors (Lipinski definition) is 6. The molecular weight excluding hydrogens is 254 g/mol. The van der Waals surface area contributed by atoms with Crippen LogP contribution in [0.15, 0.2) is 12.1 Å². The van der Waals surface area contributed by atoms with Crippen LogP contribution < -0.4 is 15.0 Å². The number of ether oxygens (including phenoxy) is 1. The lowest BCUT2D eigenvalue weighted by atomic mass is 10.2. The summed E-state index contributed by atoms with van der Waals surface area (Å²) in [5.41, 5.74) is 0.566. The summed E-state index contributed by atoms with van der Waals surface area (Å²) in [7, 11) is 1.62. The fourth-order valence-electron chi connectivity index (χ4n) is 1.83. The molecule has 2 rings (SSSR count). The topological polar surface area (TPSA) is 105 Å². The number of nitrogens with one attached hydrogen (secondary N) is 1. The Kier molecular flexibility index (Phi) is 3.52. The molecule has 0 spiro atoms. The number of likely N-dealkylation sites (N-methyl/N-ethyl adjacent to an activating group) is 1. The second-order valence-corrected chi connectivity index (χ2v) is 4.08. The van der Waals surface area contributed by atoms with Gasteiger partial charge in [0.25, 0.3) is 11.6 Å². The molecular formula is C11H13N3O5.